The first kappa shape index (κ1) is 12.6. The van der Waals surface area contributed by atoms with Gasteiger partial charge in [-0.3, -0.25) is 0 Å². The molecular formula is C13H14N2O2S. The van der Waals surface area contributed by atoms with E-state index in [-0.39, 0.29) is 11.7 Å². The maximum absolute atomic E-state index is 11.0. The number of carbonyl (C=O) groups is 1. The Labute approximate surface area is 109 Å². The predicted molar refractivity (Wildman–Crippen MR) is 72.3 cm³/mol. The van der Waals surface area contributed by atoms with Crippen LogP contribution in [-0.4, -0.2) is 22.1 Å². The largest absolute Gasteiger partial charge is 0.476 e. The van der Waals surface area contributed by atoms with E-state index < -0.39 is 5.97 Å². The Bertz CT molecular complexity index is 526. The van der Waals surface area contributed by atoms with Crippen molar-refractivity contribution in [1.29, 1.82) is 0 Å². The lowest BCUT2D eigenvalue weighted by molar-refractivity contribution is 0.0691. The number of hydrogen-bond donors (Lipinski definition) is 2. The van der Waals surface area contributed by atoms with Crippen molar-refractivity contribution in [3.8, 4) is 0 Å². The highest BCUT2D eigenvalue weighted by Gasteiger charge is 2.13. The van der Waals surface area contributed by atoms with Gasteiger partial charge in [-0.2, -0.15) is 11.3 Å². The van der Waals surface area contributed by atoms with Crippen molar-refractivity contribution in [3.63, 3.8) is 0 Å². The van der Waals surface area contributed by atoms with Gasteiger partial charge in [0.2, 0.25) is 0 Å². The molecule has 2 aromatic rings. The number of anilines is 1. The Morgan fingerprint density at radius 3 is 3.06 bits per heavy atom. The molecule has 0 bridgehead atoms. The van der Waals surface area contributed by atoms with Crippen LogP contribution in [0.2, 0.25) is 0 Å². The first-order valence-electron chi connectivity index (χ1n) is 5.62. The van der Waals surface area contributed by atoms with Gasteiger partial charge < -0.3 is 10.4 Å². The molecule has 2 N–H and O–H groups in total. The number of hydrogen-bond acceptors (Lipinski definition) is 4. The third kappa shape index (κ3) is 3.07. The second-order valence-corrected chi connectivity index (χ2v) is 4.87. The molecular weight excluding hydrogens is 248 g/mol. The Morgan fingerprint density at radius 2 is 2.39 bits per heavy atom. The minimum Gasteiger partial charge on any atom is -0.476 e. The molecule has 0 saturated heterocycles. The fourth-order valence-corrected chi connectivity index (χ4v) is 2.45. The number of aromatic carboxylic acids is 1. The van der Waals surface area contributed by atoms with E-state index in [1.54, 1.807) is 23.5 Å². The van der Waals surface area contributed by atoms with E-state index in [2.05, 4.69) is 21.7 Å². The summed E-state index contributed by atoms with van der Waals surface area (Å²) >= 11 is 1.66. The molecule has 0 radical (unpaired) electrons. The van der Waals surface area contributed by atoms with Crippen molar-refractivity contribution in [2.24, 2.45) is 0 Å². The fourth-order valence-electron chi connectivity index (χ4n) is 1.77. The zero-order valence-electron chi connectivity index (χ0n) is 9.96. The predicted octanol–water partition coefficient (Wildman–Crippen LogP) is 2.88. The Kier molecular flexibility index (Phi) is 3.94. The van der Waals surface area contributed by atoms with E-state index in [0.717, 1.165) is 6.42 Å². The molecule has 2 aromatic heterocycles. The average Bonchev–Trinajstić information content (AvgIpc) is 2.82. The Hall–Kier alpha value is -1.88. The highest BCUT2D eigenvalue weighted by Crippen LogP contribution is 2.16. The minimum absolute atomic E-state index is 0.0645. The maximum atomic E-state index is 11.0. The summed E-state index contributed by atoms with van der Waals surface area (Å²) < 4.78 is 0. The van der Waals surface area contributed by atoms with E-state index >= 15 is 0 Å². The number of rotatable bonds is 5. The van der Waals surface area contributed by atoms with Crippen LogP contribution >= 0.6 is 11.3 Å². The van der Waals surface area contributed by atoms with Crippen molar-refractivity contribution >= 4 is 23.0 Å². The van der Waals surface area contributed by atoms with Gasteiger partial charge in [0.15, 0.2) is 5.69 Å². The molecule has 0 aliphatic carbocycles. The van der Waals surface area contributed by atoms with Crippen LogP contribution in [0.3, 0.4) is 0 Å². The summed E-state index contributed by atoms with van der Waals surface area (Å²) in [6.07, 6.45) is 2.34. The van der Waals surface area contributed by atoms with Gasteiger partial charge in [0.1, 0.15) is 0 Å². The average molecular weight is 262 g/mol. The smallest absolute Gasteiger partial charge is 0.356 e. The molecule has 5 heteroatoms. The van der Waals surface area contributed by atoms with Gasteiger partial charge in [-0.05, 0) is 47.9 Å². The lowest BCUT2D eigenvalue weighted by Gasteiger charge is -2.15. The van der Waals surface area contributed by atoms with Crippen LogP contribution in [0, 0.1) is 0 Å². The summed E-state index contributed by atoms with van der Waals surface area (Å²) in [5.74, 6) is -1.01. The summed E-state index contributed by atoms with van der Waals surface area (Å²) in [5, 5.41) is 16.4. The molecule has 0 amide bonds. The Morgan fingerprint density at radius 1 is 1.56 bits per heavy atom. The van der Waals surface area contributed by atoms with E-state index in [1.807, 2.05) is 12.3 Å². The molecule has 2 rings (SSSR count). The van der Waals surface area contributed by atoms with Crippen molar-refractivity contribution in [2.75, 3.05) is 5.32 Å². The topological polar surface area (TPSA) is 62.2 Å². The second-order valence-electron chi connectivity index (χ2n) is 4.09. The highest BCUT2D eigenvalue weighted by molar-refractivity contribution is 7.07. The third-order valence-electron chi connectivity index (χ3n) is 2.53. The van der Waals surface area contributed by atoms with Gasteiger partial charge in [0.05, 0.1) is 5.69 Å². The second kappa shape index (κ2) is 5.64. The van der Waals surface area contributed by atoms with Crippen LogP contribution in [-0.2, 0) is 6.42 Å². The molecule has 1 atom stereocenters. The number of carboxylic acids is 1. The van der Waals surface area contributed by atoms with Gasteiger partial charge in [-0.15, -0.1) is 0 Å². The number of thiophene rings is 1. The van der Waals surface area contributed by atoms with Crippen molar-refractivity contribution in [1.82, 2.24) is 4.98 Å². The SMILES string of the molecule is CC(Cc1ccsc1)Nc1cccnc1C(=O)O. The molecule has 0 aliphatic rings. The summed E-state index contributed by atoms with van der Waals surface area (Å²) in [6.45, 7) is 2.02. The number of nitrogens with one attached hydrogen (secondary N) is 1. The number of nitrogens with zero attached hydrogens (tertiary/aromatic N) is 1. The van der Waals surface area contributed by atoms with Gasteiger partial charge in [0, 0.05) is 12.2 Å². The first-order valence-corrected chi connectivity index (χ1v) is 6.57. The number of aromatic nitrogens is 1. The zero-order chi connectivity index (χ0) is 13.0. The number of pyridine rings is 1. The maximum Gasteiger partial charge on any atom is 0.356 e. The van der Waals surface area contributed by atoms with Crippen LogP contribution < -0.4 is 5.32 Å². The lowest BCUT2D eigenvalue weighted by Crippen LogP contribution is -2.20. The molecule has 0 aromatic carbocycles. The van der Waals surface area contributed by atoms with Crippen LogP contribution in [0.5, 0.6) is 0 Å². The standard InChI is InChI=1S/C13H14N2O2S/c1-9(7-10-4-6-18-8-10)15-11-3-2-5-14-12(11)13(16)17/h2-6,8-9,15H,7H2,1H3,(H,16,17). The van der Waals surface area contributed by atoms with Crippen molar-refractivity contribution in [2.45, 2.75) is 19.4 Å². The summed E-state index contributed by atoms with van der Waals surface area (Å²) in [7, 11) is 0. The summed E-state index contributed by atoms with van der Waals surface area (Å²) in [6, 6.07) is 5.69. The van der Waals surface area contributed by atoms with Crippen LogP contribution in [0.15, 0.2) is 35.2 Å². The van der Waals surface area contributed by atoms with Gasteiger partial charge in [-0.1, -0.05) is 0 Å². The minimum atomic E-state index is -1.01. The molecule has 2 heterocycles. The monoisotopic (exact) mass is 262 g/mol. The molecule has 4 nitrogen and oxygen atoms in total. The molecule has 0 spiro atoms. The van der Waals surface area contributed by atoms with Crippen molar-refractivity contribution in [3.05, 3.63) is 46.4 Å². The lowest BCUT2D eigenvalue weighted by atomic mass is 10.1. The van der Waals surface area contributed by atoms with Gasteiger partial charge in [0.25, 0.3) is 0 Å². The van der Waals surface area contributed by atoms with Gasteiger partial charge >= 0.3 is 5.97 Å². The normalized spacial score (nSPS) is 12.1. The summed E-state index contributed by atoms with van der Waals surface area (Å²) in [4.78, 5) is 14.9. The fraction of sp³-hybridized carbons (Fsp3) is 0.231. The number of carboxylic acid groups (broad SMARTS) is 1. The van der Waals surface area contributed by atoms with Crippen LogP contribution in [0.1, 0.15) is 23.0 Å². The van der Waals surface area contributed by atoms with E-state index in [4.69, 9.17) is 5.11 Å². The Balaban J connectivity index is 2.07. The third-order valence-corrected chi connectivity index (χ3v) is 3.27. The highest BCUT2D eigenvalue weighted by atomic mass is 32.1. The quantitative estimate of drug-likeness (QED) is 0.869. The molecule has 0 saturated carbocycles. The zero-order valence-corrected chi connectivity index (χ0v) is 10.8. The van der Waals surface area contributed by atoms with E-state index in [0.29, 0.717) is 5.69 Å². The van der Waals surface area contributed by atoms with Crippen LogP contribution in [0.25, 0.3) is 0 Å². The van der Waals surface area contributed by atoms with E-state index in [1.165, 1.54) is 11.8 Å². The molecule has 0 aliphatic heterocycles. The molecule has 18 heavy (non-hydrogen) atoms. The van der Waals surface area contributed by atoms with E-state index in [9.17, 15) is 4.79 Å². The van der Waals surface area contributed by atoms with Crippen LogP contribution in [0.4, 0.5) is 5.69 Å². The molecule has 94 valence electrons. The first-order chi connectivity index (χ1) is 8.66. The summed E-state index contributed by atoms with van der Waals surface area (Å²) in [5.41, 5.74) is 1.88. The van der Waals surface area contributed by atoms with Crippen molar-refractivity contribution < 1.29 is 9.90 Å². The molecule has 1 unspecified atom stereocenters. The molecule has 0 fully saturated rings. The van der Waals surface area contributed by atoms with Gasteiger partial charge in [-0.25, -0.2) is 9.78 Å².